The zero-order valence-electron chi connectivity index (χ0n) is 16.5. The molecule has 0 aliphatic carbocycles. The Hall–Kier alpha value is -4.09. The van der Waals surface area contributed by atoms with E-state index >= 15 is 0 Å². The molecule has 1 aromatic carbocycles. The molecule has 2 heterocycles. The summed E-state index contributed by atoms with van der Waals surface area (Å²) in [6.07, 6.45) is -1.56. The number of halogens is 2. The number of alkyl halides is 1. The summed E-state index contributed by atoms with van der Waals surface area (Å²) in [6.45, 7) is -1.04. The van der Waals surface area contributed by atoms with E-state index in [1.54, 1.807) is 12.1 Å². The number of nitrogens with zero attached hydrogens (tertiary/aromatic N) is 4. The van der Waals surface area contributed by atoms with Crippen LogP contribution in [0, 0.1) is 5.82 Å². The fourth-order valence-corrected chi connectivity index (χ4v) is 2.60. The minimum atomic E-state index is -1.29. The highest BCUT2D eigenvalue weighted by atomic mass is 19.1. The summed E-state index contributed by atoms with van der Waals surface area (Å²) >= 11 is 0. The van der Waals surface area contributed by atoms with Crippen LogP contribution < -0.4 is 10.6 Å². The number of hydrogen-bond donors (Lipinski definition) is 2. The summed E-state index contributed by atoms with van der Waals surface area (Å²) < 4.78 is 37.6. The molecule has 12 heteroatoms. The molecule has 0 saturated carbocycles. The van der Waals surface area contributed by atoms with E-state index in [0.717, 1.165) is 6.07 Å². The van der Waals surface area contributed by atoms with Crippen LogP contribution in [0.2, 0.25) is 0 Å². The fraction of sp³-hybridized carbons (Fsp3) is 0.211. The number of rotatable bonds is 6. The number of carbonyl (C=O) groups excluding carboxylic acids is 2. The van der Waals surface area contributed by atoms with E-state index < -0.39 is 30.8 Å². The molecule has 2 amide bonds. The van der Waals surface area contributed by atoms with Gasteiger partial charge >= 0.3 is 12.2 Å². The Morgan fingerprint density at radius 3 is 2.65 bits per heavy atom. The third-order valence-electron chi connectivity index (χ3n) is 4.10. The van der Waals surface area contributed by atoms with Crippen molar-refractivity contribution in [2.24, 2.45) is 7.05 Å². The van der Waals surface area contributed by atoms with Crippen molar-refractivity contribution in [3.8, 4) is 11.4 Å². The van der Waals surface area contributed by atoms with E-state index in [0.29, 0.717) is 11.4 Å². The van der Waals surface area contributed by atoms with Crippen molar-refractivity contribution in [3.05, 3.63) is 54.0 Å². The van der Waals surface area contributed by atoms with Gasteiger partial charge in [-0.25, -0.2) is 23.1 Å². The molecule has 0 unspecified atom stereocenters. The van der Waals surface area contributed by atoms with Crippen LogP contribution in [0.1, 0.15) is 11.7 Å². The van der Waals surface area contributed by atoms with E-state index in [4.69, 9.17) is 4.74 Å². The molecule has 2 N–H and O–H groups in total. The zero-order valence-corrected chi connectivity index (χ0v) is 16.5. The number of anilines is 2. The first-order valence-corrected chi connectivity index (χ1v) is 8.91. The fourth-order valence-electron chi connectivity index (χ4n) is 2.60. The van der Waals surface area contributed by atoms with E-state index in [1.165, 1.54) is 43.2 Å². The van der Waals surface area contributed by atoms with Crippen molar-refractivity contribution in [2.75, 3.05) is 24.4 Å². The predicted molar refractivity (Wildman–Crippen MR) is 105 cm³/mol. The van der Waals surface area contributed by atoms with Crippen LogP contribution in [0.3, 0.4) is 0 Å². The van der Waals surface area contributed by atoms with Gasteiger partial charge in [0.1, 0.15) is 12.5 Å². The highest BCUT2D eigenvalue weighted by Gasteiger charge is 2.21. The second-order valence-corrected chi connectivity index (χ2v) is 6.19. The Kier molecular flexibility index (Phi) is 6.70. The number of methoxy groups -OCH3 is 1. The van der Waals surface area contributed by atoms with Gasteiger partial charge in [0, 0.05) is 7.05 Å². The number of benzene rings is 1. The summed E-state index contributed by atoms with van der Waals surface area (Å²) in [5.41, 5.74) is 1.11. The van der Waals surface area contributed by atoms with E-state index in [9.17, 15) is 18.4 Å². The Balaban J connectivity index is 1.74. The highest BCUT2D eigenvalue weighted by molar-refractivity contribution is 5.88. The summed E-state index contributed by atoms with van der Waals surface area (Å²) in [5, 5.41) is 12.7. The molecule has 162 valence electrons. The first-order chi connectivity index (χ1) is 14.9. The monoisotopic (exact) mass is 432 g/mol. The Morgan fingerprint density at radius 1 is 1.19 bits per heavy atom. The second-order valence-electron chi connectivity index (χ2n) is 6.19. The maximum absolute atomic E-state index is 13.4. The summed E-state index contributed by atoms with van der Waals surface area (Å²) in [4.78, 5) is 27.8. The highest BCUT2D eigenvalue weighted by Crippen LogP contribution is 2.25. The number of nitrogens with one attached hydrogen (secondary N) is 2. The van der Waals surface area contributed by atoms with Gasteiger partial charge in [0.15, 0.2) is 17.6 Å². The molecular weight excluding hydrogens is 414 g/mol. The van der Waals surface area contributed by atoms with Crippen LogP contribution in [0.5, 0.6) is 0 Å². The van der Waals surface area contributed by atoms with Gasteiger partial charge in [0.25, 0.3) is 0 Å². The second kappa shape index (κ2) is 9.61. The van der Waals surface area contributed by atoms with E-state index in [2.05, 4.69) is 30.7 Å². The maximum Gasteiger partial charge on any atom is 0.413 e. The third-order valence-corrected chi connectivity index (χ3v) is 4.10. The lowest BCUT2D eigenvalue weighted by molar-refractivity contribution is 0.0926. The van der Waals surface area contributed by atoms with Gasteiger partial charge in [0.05, 0.1) is 24.7 Å². The van der Waals surface area contributed by atoms with Gasteiger partial charge in [-0.1, -0.05) is 17.3 Å². The van der Waals surface area contributed by atoms with Crippen molar-refractivity contribution >= 4 is 23.7 Å². The average molecular weight is 432 g/mol. The average Bonchev–Trinajstić information content (AvgIpc) is 3.12. The van der Waals surface area contributed by atoms with Crippen LogP contribution in [0.4, 0.5) is 29.9 Å². The molecule has 0 aliphatic heterocycles. The molecule has 0 fully saturated rings. The largest absolute Gasteiger partial charge is 0.453 e. The van der Waals surface area contributed by atoms with Gasteiger partial charge in [-0.05, 0) is 29.8 Å². The molecule has 0 aliphatic rings. The first-order valence-electron chi connectivity index (χ1n) is 8.91. The minimum Gasteiger partial charge on any atom is -0.453 e. The normalized spacial score (nSPS) is 11.5. The first kappa shape index (κ1) is 21.6. The van der Waals surface area contributed by atoms with Crippen LogP contribution in [0.15, 0.2) is 42.6 Å². The third kappa shape index (κ3) is 5.29. The summed E-state index contributed by atoms with van der Waals surface area (Å²) in [5.74, 6) is -0.433. The summed E-state index contributed by atoms with van der Waals surface area (Å²) in [6, 6.07) is 8.23. The van der Waals surface area contributed by atoms with Crippen molar-refractivity contribution in [1.29, 1.82) is 0 Å². The molecule has 0 spiro atoms. The maximum atomic E-state index is 13.4. The number of pyridine rings is 1. The van der Waals surface area contributed by atoms with Gasteiger partial charge in [-0.3, -0.25) is 15.6 Å². The molecule has 0 bridgehead atoms. The van der Waals surface area contributed by atoms with E-state index in [1.807, 2.05) is 0 Å². The Labute approximate surface area is 175 Å². The van der Waals surface area contributed by atoms with Gasteiger partial charge in [-0.15, -0.1) is 5.10 Å². The lowest BCUT2D eigenvalue weighted by atomic mass is 10.1. The van der Waals surface area contributed by atoms with E-state index in [-0.39, 0.29) is 17.1 Å². The molecule has 0 saturated heterocycles. The van der Waals surface area contributed by atoms with Crippen LogP contribution >= 0.6 is 0 Å². The minimum absolute atomic E-state index is 0.142. The SMILES string of the molecule is COC(=O)Nc1ccc(-c2nnn(C)c2NC(=O)O[C@H](CF)c2cccc(F)c2)nc1. The summed E-state index contributed by atoms with van der Waals surface area (Å²) in [7, 11) is 2.76. The van der Waals surface area contributed by atoms with Gasteiger partial charge < -0.3 is 9.47 Å². The molecule has 2 aromatic heterocycles. The molecule has 3 aromatic rings. The quantitative estimate of drug-likeness (QED) is 0.612. The number of aryl methyl sites for hydroxylation is 1. The van der Waals surface area contributed by atoms with Crippen molar-refractivity contribution in [2.45, 2.75) is 6.10 Å². The van der Waals surface area contributed by atoms with Gasteiger partial charge in [0.2, 0.25) is 0 Å². The Bertz CT molecular complexity index is 1070. The Morgan fingerprint density at radius 2 is 2.00 bits per heavy atom. The van der Waals surface area contributed by atoms with Gasteiger partial charge in [-0.2, -0.15) is 0 Å². The van der Waals surface area contributed by atoms with Crippen LogP contribution in [0.25, 0.3) is 11.4 Å². The van der Waals surface area contributed by atoms with Crippen molar-refractivity contribution in [1.82, 2.24) is 20.0 Å². The number of carbonyl (C=O) groups is 2. The molecule has 0 radical (unpaired) electrons. The number of hydrogen-bond acceptors (Lipinski definition) is 7. The lowest BCUT2D eigenvalue weighted by Gasteiger charge is -2.16. The number of amides is 2. The topological polar surface area (TPSA) is 120 Å². The number of aromatic nitrogens is 4. The molecule has 3 rings (SSSR count). The zero-order chi connectivity index (χ0) is 22.4. The standard InChI is InChI=1S/C19H18F2N6O4/c1-27-17(24-19(29)31-15(9-20)11-4-3-5-12(21)8-11)16(25-26-27)14-7-6-13(10-22-14)23-18(28)30-2/h3-8,10,15H,9H2,1-2H3,(H,23,28)(H,24,29)/t15-/m1/s1. The van der Waals surface area contributed by atoms with Crippen molar-refractivity contribution < 1.29 is 27.8 Å². The molecule has 31 heavy (non-hydrogen) atoms. The number of ether oxygens (including phenoxy) is 2. The van der Waals surface area contributed by atoms with Crippen LogP contribution in [-0.2, 0) is 16.5 Å². The molecular formula is C19H18F2N6O4. The smallest absolute Gasteiger partial charge is 0.413 e. The lowest BCUT2D eigenvalue weighted by Crippen LogP contribution is -2.20. The van der Waals surface area contributed by atoms with Crippen molar-refractivity contribution in [3.63, 3.8) is 0 Å². The molecule has 1 atom stereocenters. The van der Waals surface area contributed by atoms with Crippen LogP contribution in [-0.4, -0.2) is 45.9 Å². The molecule has 10 nitrogen and oxygen atoms in total. The predicted octanol–water partition coefficient (Wildman–Crippen LogP) is 3.45.